The molecule has 0 amide bonds. The Bertz CT molecular complexity index is 389. The second-order valence-electron chi connectivity index (χ2n) is 4.79. The lowest BCUT2D eigenvalue weighted by atomic mass is 9.86. The molecule has 0 atom stereocenters. The summed E-state index contributed by atoms with van der Waals surface area (Å²) in [5.74, 6) is 0.588. The summed E-state index contributed by atoms with van der Waals surface area (Å²) in [6.45, 7) is 2.27. The van der Waals surface area contributed by atoms with Crippen molar-refractivity contribution in [3.63, 3.8) is 0 Å². The van der Waals surface area contributed by atoms with E-state index >= 15 is 0 Å². The van der Waals surface area contributed by atoms with E-state index in [1.807, 2.05) is 19.1 Å². The molecule has 0 saturated heterocycles. The molecule has 0 spiro atoms. The van der Waals surface area contributed by atoms with Crippen LogP contribution in [-0.4, -0.2) is 22.3 Å². The van der Waals surface area contributed by atoms with Crippen LogP contribution in [0.3, 0.4) is 0 Å². The van der Waals surface area contributed by atoms with Gasteiger partial charge < -0.3 is 9.84 Å². The molecule has 1 aromatic rings. The average molecular weight is 300 g/mol. The fraction of sp³-hybridized carbons (Fsp3) is 0.615. The van der Waals surface area contributed by atoms with E-state index in [2.05, 4.69) is 20.9 Å². The lowest BCUT2D eigenvalue weighted by Crippen LogP contribution is -2.38. The van der Waals surface area contributed by atoms with E-state index in [1.165, 1.54) is 6.42 Å². The second-order valence-corrected chi connectivity index (χ2v) is 5.64. The van der Waals surface area contributed by atoms with Crippen molar-refractivity contribution in [2.45, 2.75) is 44.6 Å². The van der Waals surface area contributed by atoms with Crippen molar-refractivity contribution in [1.29, 1.82) is 0 Å². The zero-order valence-corrected chi connectivity index (χ0v) is 11.7. The van der Waals surface area contributed by atoms with Gasteiger partial charge >= 0.3 is 0 Å². The summed E-state index contributed by atoms with van der Waals surface area (Å²) >= 11 is 3.40. The Morgan fingerprint density at radius 2 is 2.06 bits per heavy atom. The second kappa shape index (κ2) is 5.36. The maximum absolute atomic E-state index is 10.3. The van der Waals surface area contributed by atoms with Crippen LogP contribution in [0.25, 0.3) is 0 Å². The normalized spacial score (nSPS) is 19.0. The SMILES string of the molecule is Cc1nc(OCC2(O)CCCCC2)ccc1Br. The molecule has 94 valence electrons. The van der Waals surface area contributed by atoms with E-state index in [0.717, 1.165) is 35.8 Å². The molecule has 1 N–H and O–H groups in total. The standard InChI is InChI=1S/C13H18BrNO2/c1-10-11(14)5-6-12(15-10)17-9-13(16)7-3-2-4-8-13/h5-6,16H,2-4,7-9H2,1H3. The molecule has 1 aliphatic carbocycles. The van der Waals surface area contributed by atoms with Gasteiger partial charge in [0.25, 0.3) is 0 Å². The molecule has 2 rings (SSSR count). The summed E-state index contributed by atoms with van der Waals surface area (Å²) in [6.07, 6.45) is 5.07. The maximum Gasteiger partial charge on any atom is 0.213 e. The molecule has 0 aliphatic heterocycles. The number of hydrogen-bond acceptors (Lipinski definition) is 3. The third-order valence-corrected chi connectivity index (χ3v) is 4.11. The third kappa shape index (κ3) is 3.42. The van der Waals surface area contributed by atoms with Gasteiger partial charge in [0.15, 0.2) is 0 Å². The summed E-state index contributed by atoms with van der Waals surface area (Å²) in [7, 11) is 0. The first-order valence-corrected chi connectivity index (χ1v) is 6.87. The third-order valence-electron chi connectivity index (χ3n) is 3.27. The summed E-state index contributed by atoms with van der Waals surface area (Å²) < 4.78 is 6.58. The number of nitrogens with zero attached hydrogens (tertiary/aromatic N) is 1. The van der Waals surface area contributed by atoms with Crippen LogP contribution in [0.15, 0.2) is 16.6 Å². The highest BCUT2D eigenvalue weighted by atomic mass is 79.9. The van der Waals surface area contributed by atoms with Crippen LogP contribution in [0.4, 0.5) is 0 Å². The van der Waals surface area contributed by atoms with Crippen LogP contribution in [-0.2, 0) is 0 Å². The van der Waals surface area contributed by atoms with Gasteiger partial charge in [-0.3, -0.25) is 0 Å². The zero-order chi connectivity index (χ0) is 12.3. The topological polar surface area (TPSA) is 42.4 Å². The van der Waals surface area contributed by atoms with E-state index in [0.29, 0.717) is 12.5 Å². The van der Waals surface area contributed by atoms with Gasteiger partial charge in [0.1, 0.15) is 6.61 Å². The molecule has 0 unspecified atom stereocenters. The molecule has 3 nitrogen and oxygen atoms in total. The van der Waals surface area contributed by atoms with Gasteiger partial charge in [-0.15, -0.1) is 0 Å². The molecule has 0 bridgehead atoms. The van der Waals surface area contributed by atoms with Crippen molar-refractivity contribution >= 4 is 15.9 Å². The van der Waals surface area contributed by atoms with E-state index < -0.39 is 5.60 Å². The van der Waals surface area contributed by atoms with E-state index in [-0.39, 0.29) is 0 Å². The first-order chi connectivity index (χ1) is 8.09. The highest BCUT2D eigenvalue weighted by Crippen LogP contribution is 2.28. The van der Waals surface area contributed by atoms with Crippen molar-refractivity contribution < 1.29 is 9.84 Å². The van der Waals surface area contributed by atoms with Crippen LogP contribution >= 0.6 is 15.9 Å². The number of ether oxygens (including phenoxy) is 1. The number of aromatic nitrogens is 1. The van der Waals surface area contributed by atoms with Gasteiger partial charge in [-0.05, 0) is 41.8 Å². The average Bonchev–Trinajstić information content (AvgIpc) is 2.32. The Kier molecular flexibility index (Phi) is 4.05. The molecule has 1 saturated carbocycles. The van der Waals surface area contributed by atoms with Crippen molar-refractivity contribution in [1.82, 2.24) is 4.98 Å². The molecule has 1 fully saturated rings. The summed E-state index contributed by atoms with van der Waals surface area (Å²) in [5, 5.41) is 10.3. The van der Waals surface area contributed by atoms with E-state index in [4.69, 9.17) is 4.74 Å². The largest absolute Gasteiger partial charge is 0.475 e. The summed E-state index contributed by atoms with van der Waals surface area (Å²) in [5.41, 5.74) is 0.249. The Balaban J connectivity index is 1.94. The number of pyridine rings is 1. The summed E-state index contributed by atoms with van der Waals surface area (Å²) in [6, 6.07) is 3.74. The van der Waals surface area contributed by atoms with Crippen molar-refractivity contribution in [2.24, 2.45) is 0 Å². The highest BCUT2D eigenvalue weighted by Gasteiger charge is 2.30. The lowest BCUT2D eigenvalue weighted by Gasteiger charge is -2.31. The predicted molar refractivity (Wildman–Crippen MR) is 70.2 cm³/mol. The zero-order valence-electron chi connectivity index (χ0n) is 10.1. The van der Waals surface area contributed by atoms with Crippen molar-refractivity contribution in [2.75, 3.05) is 6.61 Å². The molecule has 1 heterocycles. The van der Waals surface area contributed by atoms with Gasteiger partial charge in [0, 0.05) is 10.5 Å². The first-order valence-electron chi connectivity index (χ1n) is 6.07. The number of halogens is 1. The fourth-order valence-corrected chi connectivity index (χ4v) is 2.38. The van der Waals surface area contributed by atoms with Crippen LogP contribution in [0, 0.1) is 6.92 Å². The molecule has 4 heteroatoms. The minimum absolute atomic E-state index is 0.348. The monoisotopic (exact) mass is 299 g/mol. The highest BCUT2D eigenvalue weighted by molar-refractivity contribution is 9.10. The Morgan fingerprint density at radius 3 is 2.71 bits per heavy atom. The lowest BCUT2D eigenvalue weighted by molar-refractivity contribution is -0.0350. The van der Waals surface area contributed by atoms with Gasteiger partial charge in [-0.2, -0.15) is 0 Å². The molecule has 0 radical (unpaired) electrons. The number of hydrogen-bond donors (Lipinski definition) is 1. The minimum atomic E-state index is -0.652. The first kappa shape index (κ1) is 12.8. The Morgan fingerprint density at radius 1 is 1.35 bits per heavy atom. The number of rotatable bonds is 3. The molecule has 17 heavy (non-hydrogen) atoms. The molecular weight excluding hydrogens is 282 g/mol. The quantitative estimate of drug-likeness (QED) is 0.932. The van der Waals surface area contributed by atoms with Gasteiger partial charge in [-0.25, -0.2) is 4.98 Å². The Hall–Kier alpha value is -0.610. The van der Waals surface area contributed by atoms with Crippen LogP contribution in [0.5, 0.6) is 5.88 Å². The fourth-order valence-electron chi connectivity index (χ4n) is 2.16. The van der Waals surface area contributed by atoms with Crippen molar-refractivity contribution in [3.05, 3.63) is 22.3 Å². The molecule has 1 aromatic heterocycles. The van der Waals surface area contributed by atoms with Crippen LogP contribution in [0.1, 0.15) is 37.8 Å². The smallest absolute Gasteiger partial charge is 0.213 e. The van der Waals surface area contributed by atoms with Crippen LogP contribution < -0.4 is 4.74 Å². The predicted octanol–water partition coefficient (Wildman–Crippen LogP) is 3.23. The summed E-state index contributed by atoms with van der Waals surface area (Å²) in [4.78, 5) is 4.31. The van der Waals surface area contributed by atoms with E-state index in [1.54, 1.807) is 0 Å². The molecule has 1 aliphatic rings. The number of aliphatic hydroxyl groups is 1. The minimum Gasteiger partial charge on any atom is -0.475 e. The number of aryl methyl sites for hydroxylation is 1. The van der Waals surface area contributed by atoms with Crippen LogP contribution in [0.2, 0.25) is 0 Å². The molecular formula is C13H18BrNO2. The van der Waals surface area contributed by atoms with Crippen molar-refractivity contribution in [3.8, 4) is 5.88 Å². The maximum atomic E-state index is 10.3. The van der Waals surface area contributed by atoms with Gasteiger partial charge in [0.05, 0.1) is 11.3 Å². The van der Waals surface area contributed by atoms with Gasteiger partial charge in [0.2, 0.25) is 5.88 Å². The van der Waals surface area contributed by atoms with E-state index in [9.17, 15) is 5.11 Å². The molecule has 0 aromatic carbocycles. The Labute approximate surface area is 110 Å². The van der Waals surface area contributed by atoms with Gasteiger partial charge in [-0.1, -0.05) is 19.3 Å².